The molecule has 0 radical (unpaired) electrons. The van der Waals surface area contributed by atoms with E-state index in [9.17, 15) is 4.79 Å². The lowest BCUT2D eigenvalue weighted by Gasteiger charge is -2.16. The first kappa shape index (κ1) is 14.1. The van der Waals surface area contributed by atoms with Gasteiger partial charge < -0.3 is 11.1 Å². The van der Waals surface area contributed by atoms with Gasteiger partial charge in [-0.2, -0.15) is 0 Å². The summed E-state index contributed by atoms with van der Waals surface area (Å²) in [5.41, 5.74) is 7.09. The molecule has 3 nitrogen and oxygen atoms in total. The molecule has 0 spiro atoms. The molecule has 92 valence electrons. The van der Waals surface area contributed by atoms with E-state index in [-0.39, 0.29) is 11.9 Å². The summed E-state index contributed by atoms with van der Waals surface area (Å²) >= 11 is 8.29. The van der Waals surface area contributed by atoms with E-state index in [1.54, 1.807) is 6.07 Å². The Bertz CT molecular complexity index is 448. The topological polar surface area (TPSA) is 55.1 Å². The number of nitrogens with one attached hydrogen (secondary N) is 1. The van der Waals surface area contributed by atoms with Crippen molar-refractivity contribution in [3.05, 3.63) is 33.8 Å². The SMILES string of the molecule is CCC(NC(=O)c1cccc(Br)c1C)C(N)=S. The number of rotatable bonds is 4. The highest BCUT2D eigenvalue weighted by Crippen LogP contribution is 2.19. The van der Waals surface area contributed by atoms with E-state index in [0.29, 0.717) is 17.0 Å². The number of halogens is 1. The van der Waals surface area contributed by atoms with Gasteiger partial charge in [0, 0.05) is 10.0 Å². The Balaban J connectivity index is 2.90. The van der Waals surface area contributed by atoms with Crippen LogP contribution in [0.5, 0.6) is 0 Å². The van der Waals surface area contributed by atoms with E-state index < -0.39 is 0 Å². The largest absolute Gasteiger partial charge is 0.392 e. The minimum absolute atomic E-state index is 0.150. The summed E-state index contributed by atoms with van der Waals surface area (Å²) in [6, 6.07) is 5.25. The molecule has 1 aromatic rings. The van der Waals surface area contributed by atoms with Crippen LogP contribution in [0.2, 0.25) is 0 Å². The summed E-state index contributed by atoms with van der Waals surface area (Å²) in [4.78, 5) is 12.4. The molecule has 3 N–H and O–H groups in total. The number of carbonyl (C=O) groups excluding carboxylic acids is 1. The summed E-state index contributed by atoms with van der Waals surface area (Å²) in [6.45, 7) is 3.82. The average molecular weight is 315 g/mol. The molecule has 0 fully saturated rings. The number of benzene rings is 1. The Kier molecular flexibility index (Phi) is 5.08. The first-order valence-corrected chi connectivity index (χ1v) is 6.52. The molecular formula is C12H15BrN2OS. The average Bonchev–Trinajstić information content (AvgIpc) is 2.28. The number of nitrogens with two attached hydrogens (primary N) is 1. The van der Waals surface area contributed by atoms with E-state index in [2.05, 4.69) is 21.2 Å². The molecule has 1 amide bonds. The van der Waals surface area contributed by atoms with E-state index in [0.717, 1.165) is 10.0 Å². The summed E-state index contributed by atoms with van der Waals surface area (Å²) < 4.78 is 0.911. The standard InChI is InChI=1S/C12H15BrN2OS/c1-3-10(11(14)17)15-12(16)8-5-4-6-9(13)7(8)2/h4-6,10H,3H2,1-2H3,(H2,14,17)(H,15,16). The molecule has 1 aromatic carbocycles. The number of carbonyl (C=O) groups is 1. The van der Waals surface area contributed by atoms with Gasteiger partial charge in [-0.1, -0.05) is 41.1 Å². The van der Waals surface area contributed by atoms with Crippen LogP contribution in [0.1, 0.15) is 29.3 Å². The highest BCUT2D eigenvalue weighted by atomic mass is 79.9. The molecule has 0 saturated heterocycles. The van der Waals surface area contributed by atoms with Gasteiger partial charge in [-0.15, -0.1) is 0 Å². The van der Waals surface area contributed by atoms with Gasteiger partial charge in [-0.25, -0.2) is 0 Å². The van der Waals surface area contributed by atoms with Gasteiger partial charge in [0.15, 0.2) is 0 Å². The van der Waals surface area contributed by atoms with Gasteiger partial charge in [0.1, 0.15) is 0 Å². The summed E-state index contributed by atoms with van der Waals surface area (Å²) in [5.74, 6) is -0.150. The number of amides is 1. The van der Waals surface area contributed by atoms with Crippen LogP contribution < -0.4 is 11.1 Å². The summed E-state index contributed by atoms with van der Waals surface area (Å²) in [7, 11) is 0. The fraction of sp³-hybridized carbons (Fsp3) is 0.333. The van der Waals surface area contributed by atoms with Crippen molar-refractivity contribution in [1.82, 2.24) is 5.32 Å². The van der Waals surface area contributed by atoms with E-state index in [1.807, 2.05) is 26.0 Å². The minimum Gasteiger partial charge on any atom is -0.392 e. The Labute approximate surface area is 115 Å². The van der Waals surface area contributed by atoms with Crippen LogP contribution in [0, 0.1) is 6.92 Å². The molecule has 1 unspecified atom stereocenters. The Hall–Kier alpha value is -0.940. The van der Waals surface area contributed by atoms with E-state index in [4.69, 9.17) is 18.0 Å². The van der Waals surface area contributed by atoms with Crippen LogP contribution in [0.25, 0.3) is 0 Å². The second-order valence-corrected chi connectivity index (χ2v) is 5.07. The van der Waals surface area contributed by atoms with Crippen LogP contribution >= 0.6 is 28.1 Å². The maximum absolute atomic E-state index is 12.0. The van der Waals surface area contributed by atoms with Crippen molar-refractivity contribution >= 4 is 39.0 Å². The fourth-order valence-electron chi connectivity index (χ4n) is 1.46. The zero-order valence-electron chi connectivity index (χ0n) is 9.79. The zero-order chi connectivity index (χ0) is 13.0. The molecule has 0 aliphatic rings. The normalized spacial score (nSPS) is 11.9. The summed E-state index contributed by atoms with van der Waals surface area (Å²) in [5, 5.41) is 2.82. The Morgan fingerprint density at radius 3 is 2.76 bits per heavy atom. The van der Waals surface area contributed by atoms with E-state index >= 15 is 0 Å². The van der Waals surface area contributed by atoms with Gasteiger partial charge in [0.2, 0.25) is 0 Å². The van der Waals surface area contributed by atoms with Crippen molar-refractivity contribution in [3.8, 4) is 0 Å². The lowest BCUT2D eigenvalue weighted by molar-refractivity contribution is 0.0945. The van der Waals surface area contributed by atoms with Crippen LogP contribution in [0.4, 0.5) is 0 Å². The van der Waals surface area contributed by atoms with Gasteiger partial charge in [0.05, 0.1) is 11.0 Å². The molecule has 0 aliphatic carbocycles. The van der Waals surface area contributed by atoms with Crippen molar-refractivity contribution in [2.24, 2.45) is 5.73 Å². The molecule has 0 aliphatic heterocycles. The van der Waals surface area contributed by atoms with Crippen LogP contribution in [-0.4, -0.2) is 16.9 Å². The van der Waals surface area contributed by atoms with Crippen molar-refractivity contribution in [1.29, 1.82) is 0 Å². The molecular weight excluding hydrogens is 300 g/mol. The lowest BCUT2D eigenvalue weighted by Crippen LogP contribution is -2.43. The van der Waals surface area contributed by atoms with Crippen LogP contribution in [-0.2, 0) is 0 Å². The van der Waals surface area contributed by atoms with Crippen LogP contribution in [0.3, 0.4) is 0 Å². The predicted octanol–water partition coefficient (Wildman–Crippen LogP) is 2.55. The summed E-state index contributed by atoms with van der Waals surface area (Å²) in [6.07, 6.45) is 0.689. The third-order valence-corrected chi connectivity index (χ3v) is 3.71. The minimum atomic E-state index is -0.254. The molecule has 0 heterocycles. The second-order valence-electron chi connectivity index (χ2n) is 3.75. The maximum Gasteiger partial charge on any atom is 0.252 e. The third kappa shape index (κ3) is 3.51. The first-order chi connectivity index (χ1) is 7.97. The van der Waals surface area contributed by atoms with Crippen molar-refractivity contribution in [2.75, 3.05) is 0 Å². The van der Waals surface area contributed by atoms with Crippen molar-refractivity contribution in [2.45, 2.75) is 26.3 Å². The van der Waals surface area contributed by atoms with Crippen molar-refractivity contribution < 1.29 is 4.79 Å². The van der Waals surface area contributed by atoms with E-state index in [1.165, 1.54) is 0 Å². The molecule has 1 atom stereocenters. The zero-order valence-corrected chi connectivity index (χ0v) is 12.2. The van der Waals surface area contributed by atoms with Crippen LogP contribution in [0.15, 0.2) is 22.7 Å². The highest BCUT2D eigenvalue weighted by molar-refractivity contribution is 9.10. The highest BCUT2D eigenvalue weighted by Gasteiger charge is 2.16. The van der Waals surface area contributed by atoms with Gasteiger partial charge in [-0.05, 0) is 31.0 Å². The van der Waals surface area contributed by atoms with Gasteiger partial charge in [0.25, 0.3) is 5.91 Å². The Morgan fingerprint density at radius 1 is 1.59 bits per heavy atom. The predicted molar refractivity (Wildman–Crippen MR) is 77.2 cm³/mol. The molecule has 1 rings (SSSR count). The monoisotopic (exact) mass is 314 g/mol. The quantitative estimate of drug-likeness (QED) is 0.840. The lowest BCUT2D eigenvalue weighted by atomic mass is 10.1. The Morgan fingerprint density at radius 2 is 2.24 bits per heavy atom. The molecule has 0 bridgehead atoms. The third-order valence-electron chi connectivity index (χ3n) is 2.57. The molecule has 0 aromatic heterocycles. The fourth-order valence-corrected chi connectivity index (χ4v) is 2.06. The molecule has 5 heteroatoms. The van der Waals surface area contributed by atoms with Gasteiger partial charge in [-0.3, -0.25) is 4.79 Å². The first-order valence-electron chi connectivity index (χ1n) is 5.32. The maximum atomic E-state index is 12.0. The second kappa shape index (κ2) is 6.12. The molecule has 17 heavy (non-hydrogen) atoms. The number of hydrogen-bond acceptors (Lipinski definition) is 2. The number of thiocarbonyl (C=S) groups is 1. The molecule has 0 saturated carbocycles. The number of hydrogen-bond donors (Lipinski definition) is 2. The van der Waals surface area contributed by atoms with Crippen molar-refractivity contribution in [3.63, 3.8) is 0 Å². The smallest absolute Gasteiger partial charge is 0.252 e. The van der Waals surface area contributed by atoms with Gasteiger partial charge >= 0.3 is 0 Å².